The maximum atomic E-state index is 12.9. The molecular weight excluding hydrogens is 398 g/mol. The van der Waals surface area contributed by atoms with Crippen LogP contribution in [0.1, 0.15) is 40.9 Å². The molecule has 32 heavy (non-hydrogen) atoms. The lowest BCUT2D eigenvalue weighted by atomic mass is 10.1. The number of para-hydroxylation sites is 1. The van der Waals surface area contributed by atoms with Crippen molar-refractivity contribution < 1.29 is 4.79 Å². The number of anilines is 1. The van der Waals surface area contributed by atoms with Gasteiger partial charge >= 0.3 is 0 Å². The van der Waals surface area contributed by atoms with Crippen LogP contribution in [-0.4, -0.2) is 38.7 Å². The number of carbonyl (C=O) groups excluding carboxylic acids is 1. The van der Waals surface area contributed by atoms with Crippen LogP contribution in [-0.2, 0) is 6.54 Å². The first-order valence-electron chi connectivity index (χ1n) is 11.2. The molecule has 0 atom stereocenters. The molecule has 0 unspecified atom stereocenters. The van der Waals surface area contributed by atoms with E-state index in [1.54, 1.807) is 10.9 Å². The van der Waals surface area contributed by atoms with Crippen LogP contribution in [0.5, 0.6) is 0 Å². The second-order valence-electron chi connectivity index (χ2n) is 8.41. The van der Waals surface area contributed by atoms with Gasteiger partial charge in [-0.2, -0.15) is 5.10 Å². The predicted octanol–water partition coefficient (Wildman–Crippen LogP) is 4.97. The van der Waals surface area contributed by atoms with E-state index in [1.165, 1.54) is 37.9 Å². The van der Waals surface area contributed by atoms with Gasteiger partial charge in [0.15, 0.2) is 5.82 Å². The van der Waals surface area contributed by atoms with E-state index >= 15 is 0 Å². The predicted molar refractivity (Wildman–Crippen MR) is 127 cm³/mol. The zero-order valence-electron chi connectivity index (χ0n) is 18.3. The van der Waals surface area contributed by atoms with Gasteiger partial charge in [-0.05, 0) is 68.8 Å². The molecule has 0 radical (unpaired) electrons. The molecule has 0 saturated carbocycles. The van der Waals surface area contributed by atoms with Gasteiger partial charge in [0.05, 0.1) is 23.0 Å². The number of amides is 1. The monoisotopic (exact) mass is 425 g/mol. The molecule has 1 amide bonds. The maximum Gasteiger partial charge on any atom is 0.259 e. The minimum atomic E-state index is -0.168. The number of benzene rings is 2. The third kappa shape index (κ3) is 4.27. The molecule has 162 valence electrons. The van der Waals surface area contributed by atoms with E-state index in [-0.39, 0.29) is 5.91 Å². The molecular formula is C26H27N5O. The Hall–Kier alpha value is -3.51. The smallest absolute Gasteiger partial charge is 0.259 e. The Morgan fingerprint density at radius 1 is 0.969 bits per heavy atom. The SMILES string of the molecule is Cc1c(C(=O)Nc2ccc(CN3CCCCC3)cc2)cnn1-c1ccc2ccccc2n1. The normalized spacial score (nSPS) is 14.5. The van der Waals surface area contributed by atoms with Crippen molar-refractivity contribution >= 4 is 22.5 Å². The second-order valence-corrected chi connectivity index (χ2v) is 8.41. The molecule has 1 aliphatic heterocycles. The summed E-state index contributed by atoms with van der Waals surface area (Å²) in [6.07, 6.45) is 5.52. The van der Waals surface area contributed by atoms with E-state index in [2.05, 4.69) is 32.4 Å². The van der Waals surface area contributed by atoms with Crippen LogP contribution in [0, 0.1) is 6.92 Å². The fourth-order valence-electron chi connectivity index (χ4n) is 4.30. The summed E-state index contributed by atoms with van der Waals surface area (Å²) >= 11 is 0. The standard InChI is InChI=1S/C26H27N5O/c1-19-23(17-27-31(19)25-14-11-21-7-3-4-8-24(21)29-25)26(32)28-22-12-9-20(10-13-22)18-30-15-5-2-6-16-30/h3-4,7-14,17H,2,5-6,15-16,18H2,1H3,(H,28,32). The van der Waals surface area contributed by atoms with E-state index in [0.29, 0.717) is 11.4 Å². The minimum absolute atomic E-state index is 0.168. The van der Waals surface area contributed by atoms with E-state index < -0.39 is 0 Å². The number of pyridine rings is 1. The van der Waals surface area contributed by atoms with E-state index in [9.17, 15) is 4.79 Å². The molecule has 0 bridgehead atoms. The van der Waals surface area contributed by atoms with E-state index in [0.717, 1.165) is 28.8 Å². The van der Waals surface area contributed by atoms with Gasteiger partial charge in [0.1, 0.15) is 0 Å². The highest BCUT2D eigenvalue weighted by Crippen LogP contribution is 2.19. The molecule has 1 fully saturated rings. The van der Waals surface area contributed by atoms with Crippen molar-refractivity contribution in [3.63, 3.8) is 0 Å². The molecule has 3 heterocycles. The molecule has 1 N–H and O–H groups in total. The van der Waals surface area contributed by atoms with Crippen LogP contribution in [0.4, 0.5) is 5.69 Å². The number of aromatic nitrogens is 3. The molecule has 6 heteroatoms. The minimum Gasteiger partial charge on any atom is -0.322 e. The molecule has 1 aliphatic rings. The Bertz CT molecular complexity index is 1240. The van der Waals surface area contributed by atoms with Crippen molar-refractivity contribution in [2.24, 2.45) is 0 Å². The van der Waals surface area contributed by atoms with Gasteiger partial charge in [0.2, 0.25) is 0 Å². The molecule has 0 aliphatic carbocycles. The Labute approximate surface area is 187 Å². The number of fused-ring (bicyclic) bond motifs is 1. The summed E-state index contributed by atoms with van der Waals surface area (Å²) in [5, 5.41) is 8.49. The Morgan fingerprint density at radius 2 is 1.75 bits per heavy atom. The summed E-state index contributed by atoms with van der Waals surface area (Å²) < 4.78 is 1.71. The van der Waals surface area contributed by atoms with Crippen LogP contribution in [0.25, 0.3) is 16.7 Å². The molecule has 2 aromatic carbocycles. The van der Waals surface area contributed by atoms with Gasteiger partial charge in [0.25, 0.3) is 5.91 Å². The molecule has 0 spiro atoms. The van der Waals surface area contributed by atoms with Crippen molar-refractivity contribution in [3.8, 4) is 5.82 Å². The number of carbonyl (C=O) groups is 1. The largest absolute Gasteiger partial charge is 0.322 e. The topological polar surface area (TPSA) is 63.1 Å². The Balaban J connectivity index is 1.29. The van der Waals surface area contributed by atoms with Crippen LogP contribution in [0.2, 0.25) is 0 Å². The lowest BCUT2D eigenvalue weighted by molar-refractivity contribution is 0.102. The van der Waals surface area contributed by atoms with Crippen molar-refractivity contribution in [2.75, 3.05) is 18.4 Å². The zero-order chi connectivity index (χ0) is 21.9. The summed E-state index contributed by atoms with van der Waals surface area (Å²) in [6.45, 7) is 5.21. The highest BCUT2D eigenvalue weighted by atomic mass is 16.1. The van der Waals surface area contributed by atoms with Gasteiger partial charge < -0.3 is 5.32 Å². The first-order chi connectivity index (χ1) is 15.7. The fraction of sp³-hybridized carbons (Fsp3) is 0.269. The number of nitrogens with zero attached hydrogens (tertiary/aromatic N) is 4. The number of hydrogen-bond acceptors (Lipinski definition) is 4. The average Bonchev–Trinajstić information content (AvgIpc) is 3.22. The highest BCUT2D eigenvalue weighted by Gasteiger charge is 2.16. The summed E-state index contributed by atoms with van der Waals surface area (Å²) in [5.74, 6) is 0.528. The van der Waals surface area contributed by atoms with Crippen LogP contribution in [0.15, 0.2) is 66.9 Å². The first-order valence-corrected chi connectivity index (χ1v) is 11.2. The van der Waals surface area contributed by atoms with Gasteiger partial charge in [-0.25, -0.2) is 9.67 Å². The first kappa shape index (κ1) is 20.4. The third-order valence-electron chi connectivity index (χ3n) is 6.12. The molecule has 6 nitrogen and oxygen atoms in total. The van der Waals surface area contributed by atoms with Gasteiger partial charge in [-0.3, -0.25) is 9.69 Å². The van der Waals surface area contributed by atoms with Crippen molar-refractivity contribution in [3.05, 3.63) is 83.7 Å². The zero-order valence-corrected chi connectivity index (χ0v) is 18.3. The fourth-order valence-corrected chi connectivity index (χ4v) is 4.30. The molecule has 2 aromatic heterocycles. The summed E-state index contributed by atoms with van der Waals surface area (Å²) in [4.78, 5) is 20.1. The number of likely N-dealkylation sites (tertiary alicyclic amines) is 1. The van der Waals surface area contributed by atoms with Crippen molar-refractivity contribution in [1.29, 1.82) is 0 Å². The van der Waals surface area contributed by atoms with Crippen LogP contribution >= 0.6 is 0 Å². The number of piperidine rings is 1. The number of hydrogen-bond donors (Lipinski definition) is 1. The Morgan fingerprint density at radius 3 is 2.56 bits per heavy atom. The third-order valence-corrected chi connectivity index (χ3v) is 6.12. The van der Waals surface area contributed by atoms with Gasteiger partial charge in [-0.15, -0.1) is 0 Å². The van der Waals surface area contributed by atoms with Crippen LogP contribution < -0.4 is 5.32 Å². The summed E-state index contributed by atoms with van der Waals surface area (Å²) in [7, 11) is 0. The van der Waals surface area contributed by atoms with E-state index in [1.807, 2.05) is 55.5 Å². The van der Waals surface area contributed by atoms with Gasteiger partial charge in [0, 0.05) is 17.6 Å². The summed E-state index contributed by atoms with van der Waals surface area (Å²) in [6, 6.07) is 20.0. The quantitative estimate of drug-likeness (QED) is 0.491. The number of rotatable bonds is 5. The Kier molecular flexibility index (Phi) is 5.69. The number of nitrogens with one attached hydrogen (secondary N) is 1. The van der Waals surface area contributed by atoms with Gasteiger partial charge in [-0.1, -0.05) is 36.8 Å². The van der Waals surface area contributed by atoms with E-state index in [4.69, 9.17) is 0 Å². The molecule has 1 saturated heterocycles. The van der Waals surface area contributed by atoms with Crippen LogP contribution in [0.3, 0.4) is 0 Å². The highest BCUT2D eigenvalue weighted by molar-refractivity contribution is 6.05. The molecule has 5 rings (SSSR count). The average molecular weight is 426 g/mol. The second kappa shape index (κ2) is 8.93. The van der Waals surface area contributed by atoms with Crippen molar-refractivity contribution in [1.82, 2.24) is 19.7 Å². The van der Waals surface area contributed by atoms with Crippen molar-refractivity contribution in [2.45, 2.75) is 32.7 Å². The summed E-state index contributed by atoms with van der Waals surface area (Å²) in [5.41, 5.74) is 4.25. The maximum absolute atomic E-state index is 12.9. The molecule has 4 aromatic rings. The lowest BCUT2D eigenvalue weighted by Gasteiger charge is -2.26. The lowest BCUT2D eigenvalue weighted by Crippen LogP contribution is -2.29.